The van der Waals surface area contributed by atoms with Crippen LogP contribution < -0.4 is 0 Å². The van der Waals surface area contributed by atoms with Crippen molar-refractivity contribution in [1.29, 1.82) is 0 Å². The summed E-state index contributed by atoms with van der Waals surface area (Å²) in [6, 6.07) is 78.1. The fourth-order valence-electron chi connectivity index (χ4n) is 8.27. The van der Waals surface area contributed by atoms with Crippen LogP contribution in [0.25, 0.3) is 106 Å². The molecule has 5 nitrogen and oxygen atoms in total. The Hall–Kier alpha value is -8.28. The second-order valence-corrected chi connectivity index (χ2v) is 15.1. The Labute approximate surface area is 354 Å². The molecule has 0 atom stereocenters. The standard InChI is InChI=1S/C56H37N5/c1-7-19-38(20-8-1)46-33-47(39-21-9-2-10-22-39)35-48(34-46)56-58-54(43-29-17-6-18-30-43)57-55(59-56)45-32-31-44-37-50(40-23-11-3-12-24-40)61-53(49(44)36-45)51(41-25-13-4-14-26-41)52(60-61)42-27-15-5-16-28-42/h1-37H. The highest BCUT2D eigenvalue weighted by Crippen LogP contribution is 2.42. The van der Waals surface area contributed by atoms with E-state index in [9.17, 15) is 0 Å². The summed E-state index contributed by atoms with van der Waals surface area (Å²) in [6.45, 7) is 0. The van der Waals surface area contributed by atoms with Crippen LogP contribution in [0.1, 0.15) is 0 Å². The molecule has 0 saturated carbocycles. The first-order chi connectivity index (χ1) is 30.2. The molecule has 0 N–H and O–H groups in total. The third kappa shape index (κ3) is 6.84. The molecule has 0 bridgehead atoms. The first-order valence-electron chi connectivity index (χ1n) is 20.5. The fraction of sp³-hybridized carbons (Fsp3) is 0. The van der Waals surface area contributed by atoms with Gasteiger partial charge in [0.05, 0.1) is 11.2 Å². The van der Waals surface area contributed by atoms with E-state index < -0.39 is 0 Å². The van der Waals surface area contributed by atoms with Crippen molar-refractivity contribution in [3.05, 3.63) is 224 Å². The number of aromatic nitrogens is 5. The van der Waals surface area contributed by atoms with Gasteiger partial charge in [-0.15, -0.1) is 0 Å². The second kappa shape index (κ2) is 15.5. The van der Waals surface area contributed by atoms with Crippen LogP contribution in [-0.4, -0.2) is 24.6 Å². The van der Waals surface area contributed by atoms with Crippen LogP contribution in [0.5, 0.6) is 0 Å². The summed E-state index contributed by atoms with van der Waals surface area (Å²) in [6.07, 6.45) is 0. The van der Waals surface area contributed by atoms with Gasteiger partial charge in [-0.3, -0.25) is 0 Å². The molecule has 0 aliphatic heterocycles. The van der Waals surface area contributed by atoms with E-state index in [0.717, 1.165) is 88.9 Å². The number of benzene rings is 8. The molecule has 3 heterocycles. The smallest absolute Gasteiger partial charge is 0.164 e. The molecule has 8 aromatic carbocycles. The number of rotatable bonds is 8. The number of fused-ring (bicyclic) bond motifs is 3. The van der Waals surface area contributed by atoms with E-state index in [1.54, 1.807) is 0 Å². The summed E-state index contributed by atoms with van der Waals surface area (Å²) in [5.74, 6) is 1.80. The molecule has 0 spiro atoms. The Morgan fingerprint density at radius 2 is 0.721 bits per heavy atom. The van der Waals surface area contributed by atoms with Crippen molar-refractivity contribution in [3.63, 3.8) is 0 Å². The zero-order valence-corrected chi connectivity index (χ0v) is 33.1. The van der Waals surface area contributed by atoms with Gasteiger partial charge in [-0.1, -0.05) is 194 Å². The van der Waals surface area contributed by atoms with Crippen LogP contribution in [0.2, 0.25) is 0 Å². The molecular weight excluding hydrogens is 743 g/mol. The van der Waals surface area contributed by atoms with Crippen LogP contribution in [0.15, 0.2) is 224 Å². The molecule has 0 aliphatic rings. The number of hydrogen-bond donors (Lipinski definition) is 0. The molecule has 286 valence electrons. The summed E-state index contributed by atoms with van der Waals surface area (Å²) in [5, 5.41) is 7.58. The lowest BCUT2D eigenvalue weighted by atomic mass is 9.95. The van der Waals surface area contributed by atoms with Crippen molar-refractivity contribution in [3.8, 4) is 90.1 Å². The van der Waals surface area contributed by atoms with Gasteiger partial charge in [0.25, 0.3) is 0 Å². The summed E-state index contributed by atoms with van der Waals surface area (Å²) >= 11 is 0. The van der Waals surface area contributed by atoms with Crippen molar-refractivity contribution < 1.29 is 0 Å². The average Bonchev–Trinajstić information content (AvgIpc) is 3.76. The minimum absolute atomic E-state index is 0.589. The summed E-state index contributed by atoms with van der Waals surface area (Å²) < 4.78 is 2.13. The quantitative estimate of drug-likeness (QED) is 0.154. The zero-order valence-electron chi connectivity index (χ0n) is 33.1. The normalized spacial score (nSPS) is 11.3. The van der Waals surface area contributed by atoms with E-state index >= 15 is 0 Å². The second-order valence-electron chi connectivity index (χ2n) is 15.1. The van der Waals surface area contributed by atoms with Gasteiger partial charge in [-0.05, 0) is 63.5 Å². The molecule has 11 aromatic rings. The van der Waals surface area contributed by atoms with Crippen molar-refractivity contribution in [2.45, 2.75) is 0 Å². The van der Waals surface area contributed by atoms with Crippen LogP contribution >= 0.6 is 0 Å². The predicted octanol–water partition coefficient (Wildman–Crippen LogP) is 14.0. The molecule has 0 aliphatic carbocycles. The third-order valence-corrected chi connectivity index (χ3v) is 11.2. The topological polar surface area (TPSA) is 56.0 Å². The van der Waals surface area contributed by atoms with E-state index in [-0.39, 0.29) is 0 Å². The summed E-state index contributed by atoms with van der Waals surface area (Å²) in [4.78, 5) is 15.7. The third-order valence-electron chi connectivity index (χ3n) is 11.2. The maximum Gasteiger partial charge on any atom is 0.164 e. The highest BCUT2D eigenvalue weighted by atomic mass is 15.2. The van der Waals surface area contributed by atoms with Crippen molar-refractivity contribution in [2.24, 2.45) is 0 Å². The zero-order chi connectivity index (χ0) is 40.5. The Morgan fingerprint density at radius 1 is 0.295 bits per heavy atom. The summed E-state index contributed by atoms with van der Waals surface area (Å²) in [7, 11) is 0. The molecular formula is C56H37N5. The molecule has 0 fully saturated rings. The lowest BCUT2D eigenvalue weighted by molar-refractivity contribution is 0.979. The van der Waals surface area contributed by atoms with E-state index in [4.69, 9.17) is 20.1 Å². The number of hydrogen-bond acceptors (Lipinski definition) is 4. The Bertz CT molecular complexity index is 3260. The van der Waals surface area contributed by atoms with E-state index in [0.29, 0.717) is 17.5 Å². The molecule has 0 radical (unpaired) electrons. The van der Waals surface area contributed by atoms with Gasteiger partial charge in [0, 0.05) is 38.8 Å². The van der Waals surface area contributed by atoms with Crippen molar-refractivity contribution in [2.75, 3.05) is 0 Å². The van der Waals surface area contributed by atoms with Crippen LogP contribution in [0.3, 0.4) is 0 Å². The summed E-state index contributed by atoms with van der Waals surface area (Å²) in [5.41, 5.74) is 14.4. The number of pyridine rings is 1. The van der Waals surface area contributed by atoms with Gasteiger partial charge in [0.2, 0.25) is 0 Å². The fourth-order valence-corrected chi connectivity index (χ4v) is 8.27. The van der Waals surface area contributed by atoms with Crippen LogP contribution in [0.4, 0.5) is 0 Å². The van der Waals surface area contributed by atoms with E-state index in [1.807, 2.05) is 36.4 Å². The Balaban J connectivity index is 1.18. The SMILES string of the molecule is c1ccc(-c2cc(-c3ccccc3)cc(-c3nc(-c4ccccc4)nc(-c4ccc5cc(-c6ccccc6)n6nc(-c7ccccc7)c(-c7ccccc7)c6c5c4)n3)c2)cc1. The van der Waals surface area contributed by atoms with Gasteiger partial charge in [-0.25, -0.2) is 19.5 Å². The first kappa shape index (κ1) is 35.8. The number of nitrogens with zero attached hydrogens (tertiary/aromatic N) is 5. The molecule has 5 heteroatoms. The van der Waals surface area contributed by atoms with Crippen molar-refractivity contribution >= 4 is 16.3 Å². The Morgan fingerprint density at radius 3 is 1.26 bits per heavy atom. The highest BCUT2D eigenvalue weighted by molar-refractivity contribution is 6.09. The lowest BCUT2D eigenvalue weighted by Gasteiger charge is -2.14. The molecule has 3 aromatic heterocycles. The van der Waals surface area contributed by atoms with E-state index in [1.165, 1.54) is 0 Å². The average molecular weight is 780 g/mol. The van der Waals surface area contributed by atoms with Crippen molar-refractivity contribution in [1.82, 2.24) is 24.6 Å². The van der Waals surface area contributed by atoms with Crippen LogP contribution in [-0.2, 0) is 0 Å². The van der Waals surface area contributed by atoms with Gasteiger partial charge in [0.15, 0.2) is 17.5 Å². The van der Waals surface area contributed by atoms with E-state index in [2.05, 4.69) is 193 Å². The van der Waals surface area contributed by atoms with Crippen LogP contribution in [0, 0.1) is 0 Å². The molecule has 61 heavy (non-hydrogen) atoms. The van der Waals surface area contributed by atoms with Gasteiger partial charge >= 0.3 is 0 Å². The maximum absolute atomic E-state index is 5.44. The first-order valence-corrected chi connectivity index (χ1v) is 20.5. The highest BCUT2D eigenvalue weighted by Gasteiger charge is 2.23. The Kier molecular flexibility index (Phi) is 9.10. The molecule has 0 unspecified atom stereocenters. The molecule has 0 amide bonds. The maximum atomic E-state index is 5.44. The largest absolute Gasteiger partial charge is 0.231 e. The predicted molar refractivity (Wildman–Crippen MR) is 250 cm³/mol. The lowest BCUT2D eigenvalue weighted by Crippen LogP contribution is -2.01. The van der Waals surface area contributed by atoms with Gasteiger partial charge in [-0.2, -0.15) is 5.10 Å². The molecule has 0 saturated heterocycles. The van der Waals surface area contributed by atoms with Gasteiger partial charge in [0.1, 0.15) is 5.69 Å². The minimum Gasteiger partial charge on any atom is -0.231 e. The van der Waals surface area contributed by atoms with Gasteiger partial charge < -0.3 is 0 Å². The minimum atomic E-state index is 0.589. The monoisotopic (exact) mass is 779 g/mol. The molecule has 11 rings (SSSR count).